The van der Waals surface area contributed by atoms with E-state index >= 15 is 0 Å². The second-order valence-electron chi connectivity index (χ2n) is 4.70. The first kappa shape index (κ1) is 15.9. The highest BCUT2D eigenvalue weighted by Gasteiger charge is 2.23. The Labute approximate surface area is 117 Å². The molecule has 0 saturated carbocycles. The van der Waals surface area contributed by atoms with Gasteiger partial charge in [0.05, 0.1) is 11.3 Å². The van der Waals surface area contributed by atoms with Crippen LogP contribution in [0, 0.1) is 6.92 Å². The lowest BCUT2D eigenvalue weighted by Crippen LogP contribution is -2.26. The van der Waals surface area contributed by atoms with Gasteiger partial charge in [-0.15, -0.1) is 11.8 Å². The molecule has 5 nitrogen and oxygen atoms in total. The highest BCUT2D eigenvalue weighted by molar-refractivity contribution is 7.99. The maximum atomic E-state index is 11.3. The van der Waals surface area contributed by atoms with E-state index in [0.29, 0.717) is 35.1 Å². The van der Waals surface area contributed by atoms with Crippen molar-refractivity contribution >= 4 is 17.7 Å². The fourth-order valence-electron chi connectivity index (χ4n) is 1.44. The first-order chi connectivity index (χ1) is 8.80. The number of rotatable bonds is 6. The Morgan fingerprint density at radius 3 is 2.47 bits per heavy atom. The van der Waals surface area contributed by atoms with Crippen LogP contribution in [0.2, 0.25) is 0 Å². The van der Waals surface area contributed by atoms with E-state index in [-0.39, 0.29) is 5.56 Å². The number of aromatic nitrogens is 2. The van der Waals surface area contributed by atoms with Crippen LogP contribution in [-0.4, -0.2) is 37.5 Å². The Morgan fingerprint density at radius 2 is 2.00 bits per heavy atom. The van der Waals surface area contributed by atoms with Gasteiger partial charge in [0.2, 0.25) is 0 Å². The molecule has 0 fully saturated rings. The lowest BCUT2D eigenvalue weighted by Gasteiger charge is -2.20. The Hall–Kier alpha value is -1.14. The molecule has 0 spiro atoms. The lowest BCUT2D eigenvalue weighted by molar-refractivity contribution is 0.0688. The molecular weight excluding hydrogens is 264 g/mol. The quantitative estimate of drug-likeness (QED) is 0.616. The summed E-state index contributed by atoms with van der Waals surface area (Å²) in [5, 5.41) is 19.7. The number of aryl methyl sites for hydroxylation is 2. The molecule has 1 heterocycles. The third kappa shape index (κ3) is 4.18. The summed E-state index contributed by atoms with van der Waals surface area (Å²) in [6.45, 7) is 7.22. The van der Waals surface area contributed by atoms with Gasteiger partial charge in [-0.3, -0.25) is 0 Å². The lowest BCUT2D eigenvalue weighted by atomic mass is 10.1. The number of nitrogens with zero attached hydrogens (tertiary/aromatic N) is 2. The zero-order chi connectivity index (χ0) is 14.6. The van der Waals surface area contributed by atoms with Gasteiger partial charge in [0.25, 0.3) is 0 Å². The van der Waals surface area contributed by atoms with Crippen LogP contribution in [0.25, 0.3) is 0 Å². The molecule has 0 bridgehead atoms. The Morgan fingerprint density at radius 1 is 1.37 bits per heavy atom. The molecule has 1 rings (SSSR count). The van der Waals surface area contributed by atoms with Crippen molar-refractivity contribution in [3.8, 4) is 0 Å². The van der Waals surface area contributed by atoms with E-state index < -0.39 is 11.6 Å². The van der Waals surface area contributed by atoms with Gasteiger partial charge in [0.1, 0.15) is 16.4 Å². The second-order valence-corrected chi connectivity index (χ2v) is 5.67. The maximum absolute atomic E-state index is 11.3. The minimum atomic E-state index is -1.03. The van der Waals surface area contributed by atoms with Crippen molar-refractivity contribution in [2.75, 3.05) is 5.75 Å². The number of aromatic carboxylic acids is 1. The topological polar surface area (TPSA) is 83.3 Å². The van der Waals surface area contributed by atoms with Gasteiger partial charge in [0.15, 0.2) is 0 Å². The van der Waals surface area contributed by atoms with Crippen molar-refractivity contribution in [2.24, 2.45) is 0 Å². The molecule has 6 heteroatoms. The van der Waals surface area contributed by atoms with E-state index in [2.05, 4.69) is 9.97 Å². The van der Waals surface area contributed by atoms with Gasteiger partial charge in [0, 0.05) is 12.2 Å². The molecule has 1 aromatic rings. The van der Waals surface area contributed by atoms with Crippen LogP contribution in [-0.2, 0) is 6.42 Å². The summed E-state index contributed by atoms with van der Waals surface area (Å²) < 4.78 is 0. The summed E-state index contributed by atoms with van der Waals surface area (Å²) in [7, 11) is 0. The summed E-state index contributed by atoms with van der Waals surface area (Å²) in [5.41, 5.74) is -0.224. The third-order valence-corrected chi connectivity index (χ3v) is 4.25. The molecule has 0 amide bonds. The summed E-state index contributed by atoms with van der Waals surface area (Å²) in [6, 6.07) is 0. The molecule has 106 valence electrons. The van der Waals surface area contributed by atoms with Crippen LogP contribution >= 0.6 is 11.8 Å². The van der Waals surface area contributed by atoms with E-state index in [1.165, 1.54) is 11.8 Å². The normalized spacial score (nSPS) is 14.2. The first-order valence-electron chi connectivity index (χ1n) is 6.26. The fraction of sp³-hybridized carbons (Fsp3) is 0.615. The molecule has 0 radical (unpaired) electrons. The molecule has 1 unspecified atom stereocenters. The van der Waals surface area contributed by atoms with Crippen LogP contribution < -0.4 is 0 Å². The van der Waals surface area contributed by atoms with E-state index in [1.54, 1.807) is 13.8 Å². The van der Waals surface area contributed by atoms with Crippen molar-refractivity contribution < 1.29 is 15.0 Å². The number of hydrogen-bond acceptors (Lipinski definition) is 5. The first-order valence-corrected chi connectivity index (χ1v) is 7.25. The van der Waals surface area contributed by atoms with Crippen molar-refractivity contribution in [3.63, 3.8) is 0 Å². The van der Waals surface area contributed by atoms with E-state index in [9.17, 15) is 15.0 Å². The van der Waals surface area contributed by atoms with Crippen molar-refractivity contribution in [1.29, 1.82) is 0 Å². The van der Waals surface area contributed by atoms with Crippen LogP contribution in [0.15, 0.2) is 5.03 Å². The largest absolute Gasteiger partial charge is 0.478 e. The monoisotopic (exact) mass is 284 g/mol. The molecule has 2 N–H and O–H groups in total. The second kappa shape index (κ2) is 6.34. The highest BCUT2D eigenvalue weighted by atomic mass is 32.2. The zero-order valence-electron chi connectivity index (χ0n) is 11.7. The molecule has 1 atom stereocenters. The van der Waals surface area contributed by atoms with E-state index in [0.717, 1.165) is 0 Å². The number of carbonyl (C=O) groups is 1. The molecule has 19 heavy (non-hydrogen) atoms. The van der Waals surface area contributed by atoms with Gasteiger partial charge < -0.3 is 10.2 Å². The van der Waals surface area contributed by atoms with E-state index in [4.69, 9.17) is 0 Å². The van der Waals surface area contributed by atoms with Gasteiger partial charge >= 0.3 is 5.97 Å². The minimum absolute atomic E-state index is 0.133. The predicted molar refractivity (Wildman–Crippen MR) is 74.7 cm³/mol. The fourth-order valence-corrected chi connectivity index (χ4v) is 2.64. The average molecular weight is 284 g/mol. The van der Waals surface area contributed by atoms with E-state index in [1.807, 2.05) is 13.8 Å². The average Bonchev–Trinajstić information content (AvgIpc) is 2.35. The predicted octanol–water partition coefficient (Wildman–Crippen LogP) is 2.30. The van der Waals surface area contributed by atoms with Crippen molar-refractivity contribution in [1.82, 2.24) is 9.97 Å². The van der Waals surface area contributed by atoms with Crippen molar-refractivity contribution in [3.05, 3.63) is 17.1 Å². The maximum Gasteiger partial charge on any atom is 0.340 e. The molecule has 1 aromatic heterocycles. The minimum Gasteiger partial charge on any atom is -0.478 e. The Balaban J connectivity index is 3.10. The third-order valence-electron chi connectivity index (χ3n) is 2.91. The summed E-state index contributed by atoms with van der Waals surface area (Å²) in [5.74, 6) is 0.00330. The molecule has 0 aliphatic carbocycles. The van der Waals surface area contributed by atoms with Gasteiger partial charge in [-0.2, -0.15) is 0 Å². The van der Waals surface area contributed by atoms with Crippen LogP contribution in [0.5, 0.6) is 0 Å². The summed E-state index contributed by atoms with van der Waals surface area (Å²) in [6.07, 6.45) is 1.26. The number of carboxylic acids is 1. The number of aliphatic hydroxyl groups is 1. The van der Waals surface area contributed by atoms with Gasteiger partial charge in [-0.25, -0.2) is 14.8 Å². The van der Waals surface area contributed by atoms with Gasteiger partial charge in [-0.1, -0.05) is 13.8 Å². The van der Waals surface area contributed by atoms with Crippen LogP contribution in [0.4, 0.5) is 0 Å². The van der Waals surface area contributed by atoms with Crippen LogP contribution in [0.3, 0.4) is 0 Å². The molecular formula is C13H20N2O3S. The highest BCUT2D eigenvalue weighted by Crippen LogP contribution is 2.27. The van der Waals surface area contributed by atoms with Gasteiger partial charge in [-0.05, 0) is 20.3 Å². The van der Waals surface area contributed by atoms with Crippen molar-refractivity contribution in [2.45, 2.75) is 51.2 Å². The molecule has 0 saturated heterocycles. The summed E-state index contributed by atoms with van der Waals surface area (Å²) in [4.78, 5) is 19.7. The number of carboxylic acid groups (broad SMARTS) is 1. The Kier molecular flexibility index (Phi) is 5.31. The molecule has 0 aliphatic heterocycles. The SMILES string of the molecule is CCc1nc(C)c(C(=O)O)c(SCC(C)(O)CC)n1. The molecule has 0 aliphatic rings. The smallest absolute Gasteiger partial charge is 0.340 e. The zero-order valence-corrected chi connectivity index (χ0v) is 12.5. The molecule has 0 aromatic carbocycles. The number of thioether (sulfide) groups is 1. The van der Waals surface area contributed by atoms with Crippen LogP contribution in [0.1, 0.15) is 49.1 Å². The Bertz CT molecular complexity index is 475. The standard InChI is InChI=1S/C13H20N2O3S/c1-5-9-14-8(3)10(12(16)17)11(15-9)19-7-13(4,18)6-2/h18H,5-7H2,1-4H3,(H,16,17). The number of hydrogen-bond donors (Lipinski definition) is 2. The summed E-state index contributed by atoms with van der Waals surface area (Å²) >= 11 is 1.27.